The second-order valence-electron chi connectivity index (χ2n) is 6.28. The van der Waals surface area contributed by atoms with E-state index < -0.39 is 12.1 Å². The number of carbonyl (C=O) groups is 3. The van der Waals surface area contributed by atoms with Crippen molar-refractivity contribution in [2.45, 2.75) is 51.6 Å². The molecule has 1 aliphatic heterocycles. The third-order valence-corrected chi connectivity index (χ3v) is 4.41. The van der Waals surface area contributed by atoms with Gasteiger partial charge < -0.3 is 10.6 Å². The highest BCUT2D eigenvalue weighted by molar-refractivity contribution is 6.05. The van der Waals surface area contributed by atoms with Gasteiger partial charge in [0.2, 0.25) is 5.91 Å². The first-order chi connectivity index (χ1) is 11.6. The summed E-state index contributed by atoms with van der Waals surface area (Å²) in [5.41, 5.74) is 3.37. The summed E-state index contributed by atoms with van der Waals surface area (Å²) in [4.78, 5) is 41.5. The maximum Gasteiger partial charge on any atom is 0.324 e. The van der Waals surface area contributed by atoms with Crippen LogP contribution in [0.15, 0.2) is 12.3 Å². The van der Waals surface area contributed by atoms with Gasteiger partial charge in [-0.15, -0.1) is 0 Å². The molecule has 0 saturated carbocycles. The number of amides is 4. The average molecular weight is 330 g/mol. The van der Waals surface area contributed by atoms with Gasteiger partial charge in [-0.25, -0.2) is 4.79 Å². The molecule has 2 N–H and O–H groups in total. The van der Waals surface area contributed by atoms with E-state index in [0.29, 0.717) is 19.5 Å². The Bertz CT molecular complexity index is 674. The summed E-state index contributed by atoms with van der Waals surface area (Å²) in [6.07, 6.45) is 5.65. The highest BCUT2D eigenvalue weighted by atomic mass is 16.2. The van der Waals surface area contributed by atoms with Crippen molar-refractivity contribution in [2.75, 3.05) is 6.54 Å². The predicted octanol–water partition coefficient (Wildman–Crippen LogP) is 0.907. The first kappa shape index (κ1) is 16.4. The fraction of sp³-hybridized carbons (Fsp3) is 0.529. The van der Waals surface area contributed by atoms with Gasteiger partial charge in [-0.3, -0.25) is 19.5 Å². The molecule has 0 radical (unpaired) electrons. The van der Waals surface area contributed by atoms with Crippen molar-refractivity contribution in [3.05, 3.63) is 29.1 Å². The van der Waals surface area contributed by atoms with Gasteiger partial charge in [0.1, 0.15) is 6.04 Å². The van der Waals surface area contributed by atoms with Crippen molar-refractivity contribution in [1.82, 2.24) is 20.5 Å². The van der Waals surface area contributed by atoms with E-state index in [1.807, 2.05) is 6.92 Å². The van der Waals surface area contributed by atoms with Gasteiger partial charge in [-0.1, -0.05) is 13.0 Å². The Labute approximate surface area is 140 Å². The predicted molar refractivity (Wildman–Crippen MR) is 87.0 cm³/mol. The highest BCUT2D eigenvalue weighted by Gasteiger charge is 2.38. The summed E-state index contributed by atoms with van der Waals surface area (Å²) in [7, 11) is 0. The van der Waals surface area contributed by atoms with Crippen LogP contribution in [0, 0.1) is 0 Å². The molecule has 4 amide bonds. The van der Waals surface area contributed by atoms with Crippen LogP contribution in [0.1, 0.15) is 43.0 Å². The fourth-order valence-electron chi connectivity index (χ4n) is 3.18. The number of carbonyl (C=O) groups excluding carboxylic acids is 3. The Balaban J connectivity index is 1.51. The van der Waals surface area contributed by atoms with Crippen LogP contribution >= 0.6 is 0 Å². The molecule has 7 heteroatoms. The summed E-state index contributed by atoms with van der Waals surface area (Å²) in [6.45, 7) is 2.65. The van der Waals surface area contributed by atoms with E-state index in [2.05, 4.69) is 21.7 Å². The van der Waals surface area contributed by atoms with E-state index >= 15 is 0 Å². The first-order valence-electron chi connectivity index (χ1n) is 8.43. The first-order valence-corrected chi connectivity index (χ1v) is 8.43. The third-order valence-electron chi connectivity index (χ3n) is 4.41. The van der Waals surface area contributed by atoms with E-state index in [4.69, 9.17) is 0 Å². The molecule has 24 heavy (non-hydrogen) atoms. The van der Waals surface area contributed by atoms with E-state index in [1.165, 1.54) is 10.5 Å². The molecule has 0 bridgehead atoms. The second kappa shape index (κ2) is 6.98. The molecule has 1 aromatic rings. The number of aromatic nitrogens is 1. The second-order valence-corrected chi connectivity index (χ2v) is 6.28. The topological polar surface area (TPSA) is 91.4 Å². The van der Waals surface area contributed by atoms with Crippen LogP contribution in [0.2, 0.25) is 0 Å². The smallest absolute Gasteiger partial charge is 0.324 e. The van der Waals surface area contributed by atoms with Gasteiger partial charge in [0.15, 0.2) is 0 Å². The van der Waals surface area contributed by atoms with Crippen LogP contribution < -0.4 is 10.6 Å². The highest BCUT2D eigenvalue weighted by Crippen LogP contribution is 2.20. The lowest BCUT2D eigenvalue weighted by atomic mass is 10.1. The molecule has 1 aliphatic carbocycles. The van der Waals surface area contributed by atoms with Gasteiger partial charge in [-0.2, -0.15) is 0 Å². The van der Waals surface area contributed by atoms with E-state index in [9.17, 15) is 14.4 Å². The van der Waals surface area contributed by atoms with Gasteiger partial charge in [-0.05, 0) is 36.8 Å². The molecule has 1 fully saturated rings. The molecular formula is C17H22N4O3. The van der Waals surface area contributed by atoms with Crippen LogP contribution in [0.4, 0.5) is 4.79 Å². The number of hydrogen-bond acceptors (Lipinski definition) is 4. The number of urea groups is 1. The number of pyridine rings is 1. The molecular weight excluding hydrogens is 308 g/mol. The number of imide groups is 1. The van der Waals surface area contributed by atoms with E-state index in [0.717, 1.165) is 30.5 Å². The summed E-state index contributed by atoms with van der Waals surface area (Å²) < 4.78 is 0. The average Bonchev–Trinajstić information content (AvgIpc) is 3.13. The van der Waals surface area contributed by atoms with Crippen LogP contribution in [0.5, 0.6) is 0 Å². The van der Waals surface area contributed by atoms with Gasteiger partial charge >= 0.3 is 6.03 Å². The van der Waals surface area contributed by atoms with Gasteiger partial charge in [0.05, 0.1) is 6.42 Å². The SMILES string of the molecule is CCCN1C(=O)NC(CC(=O)NCc2cnc3c(c2)CCC3)C1=O. The molecule has 1 unspecified atom stereocenters. The fourth-order valence-corrected chi connectivity index (χ4v) is 3.18. The van der Waals surface area contributed by atoms with Crippen molar-refractivity contribution in [3.8, 4) is 0 Å². The normalized spacial score (nSPS) is 19.4. The summed E-state index contributed by atoms with van der Waals surface area (Å²) in [5.74, 6) is -0.580. The van der Waals surface area contributed by atoms with Crippen molar-refractivity contribution in [2.24, 2.45) is 0 Å². The minimum absolute atomic E-state index is 0.0385. The molecule has 128 valence electrons. The number of nitrogens with zero attached hydrogens (tertiary/aromatic N) is 2. The lowest BCUT2D eigenvalue weighted by Gasteiger charge is -2.11. The number of aryl methyl sites for hydroxylation is 2. The van der Waals surface area contributed by atoms with Crippen molar-refractivity contribution in [3.63, 3.8) is 0 Å². The zero-order valence-corrected chi connectivity index (χ0v) is 13.8. The summed E-state index contributed by atoms with van der Waals surface area (Å²) in [6, 6.07) is 0.908. The summed E-state index contributed by atoms with van der Waals surface area (Å²) in [5, 5.41) is 5.36. The van der Waals surface area contributed by atoms with E-state index in [-0.39, 0.29) is 18.2 Å². The maximum absolute atomic E-state index is 12.1. The number of fused-ring (bicyclic) bond motifs is 1. The Morgan fingerprint density at radius 3 is 3.04 bits per heavy atom. The van der Waals surface area contributed by atoms with Crippen LogP contribution in [-0.2, 0) is 29.0 Å². The molecule has 0 aromatic carbocycles. The largest absolute Gasteiger partial charge is 0.352 e. The molecule has 0 spiro atoms. The molecule has 1 aromatic heterocycles. The monoisotopic (exact) mass is 330 g/mol. The molecule has 2 aliphatic rings. The molecule has 1 saturated heterocycles. The maximum atomic E-state index is 12.1. The third kappa shape index (κ3) is 3.39. The quantitative estimate of drug-likeness (QED) is 0.758. The molecule has 2 heterocycles. The van der Waals surface area contributed by atoms with Crippen molar-refractivity contribution >= 4 is 17.8 Å². The zero-order chi connectivity index (χ0) is 17.1. The van der Waals surface area contributed by atoms with Crippen molar-refractivity contribution in [1.29, 1.82) is 0 Å². The number of hydrogen-bond donors (Lipinski definition) is 2. The summed E-state index contributed by atoms with van der Waals surface area (Å²) >= 11 is 0. The molecule has 3 rings (SSSR count). The lowest BCUT2D eigenvalue weighted by Crippen LogP contribution is -2.36. The molecule has 7 nitrogen and oxygen atoms in total. The van der Waals surface area contributed by atoms with Crippen LogP contribution in [0.3, 0.4) is 0 Å². The molecule has 1 atom stereocenters. The van der Waals surface area contributed by atoms with E-state index in [1.54, 1.807) is 6.20 Å². The van der Waals surface area contributed by atoms with Gasteiger partial charge in [0, 0.05) is 25.0 Å². The van der Waals surface area contributed by atoms with Crippen molar-refractivity contribution < 1.29 is 14.4 Å². The minimum atomic E-state index is -0.762. The lowest BCUT2D eigenvalue weighted by molar-refractivity contribution is -0.130. The Hall–Kier alpha value is -2.44. The van der Waals surface area contributed by atoms with Crippen LogP contribution in [-0.4, -0.2) is 40.3 Å². The number of nitrogens with one attached hydrogen (secondary N) is 2. The Morgan fingerprint density at radius 1 is 1.42 bits per heavy atom. The number of rotatable bonds is 6. The Kier molecular flexibility index (Phi) is 4.78. The zero-order valence-electron chi connectivity index (χ0n) is 13.8. The van der Waals surface area contributed by atoms with Crippen LogP contribution in [0.25, 0.3) is 0 Å². The Morgan fingerprint density at radius 2 is 2.25 bits per heavy atom. The van der Waals surface area contributed by atoms with Gasteiger partial charge in [0.25, 0.3) is 5.91 Å². The minimum Gasteiger partial charge on any atom is -0.352 e. The standard InChI is InChI=1S/C17H22N4O3/c1-2-6-21-16(23)14(20-17(21)24)8-15(22)19-10-11-7-12-4-3-5-13(12)18-9-11/h7,9,14H,2-6,8,10H2,1H3,(H,19,22)(H,20,24).